The highest BCUT2D eigenvalue weighted by molar-refractivity contribution is 7.72. The fraction of sp³-hybridized carbons (Fsp3) is 0.0952. The summed E-state index contributed by atoms with van der Waals surface area (Å²) in [4.78, 5) is 12.5. The molecule has 0 saturated carbocycles. The fourth-order valence-corrected chi connectivity index (χ4v) is 4.83. The number of nitrogens with zero attached hydrogens (tertiary/aromatic N) is 1. The highest BCUT2D eigenvalue weighted by Crippen LogP contribution is 2.38. The number of anilines is 1. The molecule has 0 aromatic heterocycles. The molecule has 0 aliphatic heterocycles. The molecule has 0 bridgehead atoms. The highest BCUT2D eigenvalue weighted by atomic mass is 31.1. The zero-order valence-electron chi connectivity index (χ0n) is 13.6. The van der Waals surface area contributed by atoms with Gasteiger partial charge in [-0.3, -0.25) is 4.79 Å². The molecule has 0 aliphatic rings. The first-order valence-electron chi connectivity index (χ1n) is 7.85. The summed E-state index contributed by atoms with van der Waals surface area (Å²) in [5.41, 5.74) is 1.93. The molecule has 0 saturated heterocycles. The minimum absolute atomic E-state index is 0.501. The Morgan fingerprint density at radius 3 is 2.00 bits per heavy atom. The van der Waals surface area contributed by atoms with E-state index in [1.165, 1.54) is 10.6 Å². The van der Waals surface area contributed by atoms with Crippen LogP contribution in [-0.2, 0) is 11.0 Å². The zero-order chi connectivity index (χ0) is 16.8. The number of rotatable bonds is 6. The summed E-state index contributed by atoms with van der Waals surface area (Å²) in [7, 11) is 1.25. The van der Waals surface area contributed by atoms with Gasteiger partial charge in [-0.1, -0.05) is 66.4 Å². The molecule has 120 valence electrons. The van der Waals surface area contributed by atoms with E-state index >= 15 is 0 Å². The van der Waals surface area contributed by atoms with Crippen LogP contribution in [0.1, 0.15) is 5.56 Å². The van der Waals surface area contributed by atoms with Crippen molar-refractivity contribution in [3.05, 3.63) is 90.5 Å². The van der Waals surface area contributed by atoms with Crippen LogP contribution in [0, 0.1) is 6.07 Å². The van der Waals surface area contributed by atoms with Crippen LogP contribution in [0.25, 0.3) is 0 Å². The van der Waals surface area contributed by atoms with Crippen molar-refractivity contribution in [1.82, 2.24) is 0 Å². The number of hydrogen-bond donors (Lipinski definition) is 0. The van der Waals surface area contributed by atoms with Crippen LogP contribution in [-0.4, -0.2) is 13.5 Å². The third-order valence-electron chi connectivity index (χ3n) is 3.84. The molecule has 24 heavy (non-hydrogen) atoms. The molecule has 0 aliphatic carbocycles. The van der Waals surface area contributed by atoms with Crippen LogP contribution in [0.5, 0.6) is 0 Å². The molecular formula is C21H19NOP-. The summed E-state index contributed by atoms with van der Waals surface area (Å²) in [5, 5.41) is 2.70. The first kappa shape index (κ1) is 16.4. The average molecular weight is 332 g/mol. The second-order valence-corrected chi connectivity index (χ2v) is 7.74. The number of amides is 1. The molecule has 2 nitrogen and oxygen atoms in total. The van der Waals surface area contributed by atoms with Crippen LogP contribution in [0.2, 0.25) is 0 Å². The molecular weight excluding hydrogens is 313 g/mol. The molecule has 1 amide bonds. The SMILES string of the molecule is CN(C=O)c1[c-]c(CP(c2ccccc2)c2ccccc2)ccc1. The minimum Gasteiger partial charge on any atom is -0.342 e. The Morgan fingerprint density at radius 1 is 0.875 bits per heavy atom. The standard InChI is InChI=1S/C21H19NOP/c1-22(17-23)19-10-8-9-18(15-19)16-24(20-11-4-2-5-12-20)21-13-6-3-7-14-21/h2-14,17H,16H2,1H3/q-1. The number of benzene rings is 3. The van der Waals surface area contributed by atoms with Crippen molar-refractivity contribution in [2.45, 2.75) is 6.16 Å². The summed E-state index contributed by atoms with van der Waals surface area (Å²) in [6.45, 7) is 0. The number of carbonyl (C=O) groups is 1. The van der Waals surface area contributed by atoms with Crippen LogP contribution >= 0.6 is 7.92 Å². The lowest BCUT2D eigenvalue weighted by Crippen LogP contribution is -2.15. The molecule has 0 unspecified atom stereocenters. The van der Waals surface area contributed by atoms with E-state index in [0.717, 1.165) is 23.8 Å². The first-order chi connectivity index (χ1) is 11.8. The lowest BCUT2D eigenvalue weighted by molar-refractivity contribution is -0.107. The predicted molar refractivity (Wildman–Crippen MR) is 103 cm³/mol. The van der Waals surface area contributed by atoms with E-state index in [9.17, 15) is 4.79 Å². The third-order valence-corrected chi connectivity index (χ3v) is 6.34. The van der Waals surface area contributed by atoms with Gasteiger partial charge in [-0.05, 0) is 24.7 Å². The molecule has 3 aromatic rings. The van der Waals surface area contributed by atoms with E-state index in [1.54, 1.807) is 11.9 Å². The van der Waals surface area contributed by atoms with Gasteiger partial charge in [0.25, 0.3) is 0 Å². The number of carbonyl (C=O) groups excluding carboxylic acids is 1. The van der Waals surface area contributed by atoms with Gasteiger partial charge < -0.3 is 4.90 Å². The normalized spacial score (nSPS) is 10.6. The summed E-state index contributed by atoms with van der Waals surface area (Å²) in [6, 6.07) is 30.6. The lowest BCUT2D eigenvalue weighted by Gasteiger charge is -2.23. The van der Waals surface area contributed by atoms with Gasteiger partial charge in [0.05, 0.1) is 0 Å². The topological polar surface area (TPSA) is 20.3 Å². The van der Waals surface area contributed by atoms with Crippen LogP contribution in [0.3, 0.4) is 0 Å². The monoisotopic (exact) mass is 332 g/mol. The van der Waals surface area contributed by atoms with E-state index in [-0.39, 0.29) is 0 Å². The molecule has 3 aromatic carbocycles. The van der Waals surface area contributed by atoms with E-state index in [2.05, 4.69) is 60.7 Å². The fourth-order valence-electron chi connectivity index (χ4n) is 2.58. The molecule has 3 heteroatoms. The van der Waals surface area contributed by atoms with Crippen molar-refractivity contribution < 1.29 is 4.79 Å². The Bertz CT molecular complexity index is 750. The molecule has 0 radical (unpaired) electrons. The van der Waals surface area contributed by atoms with E-state index in [1.807, 2.05) is 24.3 Å². The smallest absolute Gasteiger partial charge is 0.212 e. The Morgan fingerprint density at radius 2 is 1.46 bits per heavy atom. The maximum atomic E-state index is 11.0. The van der Waals surface area contributed by atoms with Crippen molar-refractivity contribution in [1.29, 1.82) is 0 Å². The van der Waals surface area contributed by atoms with E-state index in [4.69, 9.17) is 0 Å². The molecule has 0 fully saturated rings. The van der Waals surface area contributed by atoms with Crippen molar-refractivity contribution in [2.24, 2.45) is 0 Å². The summed E-state index contributed by atoms with van der Waals surface area (Å²) >= 11 is 0. The van der Waals surface area contributed by atoms with Gasteiger partial charge in [0.15, 0.2) is 0 Å². The van der Waals surface area contributed by atoms with Crippen LogP contribution in [0.15, 0.2) is 78.9 Å². The second-order valence-electron chi connectivity index (χ2n) is 5.53. The maximum absolute atomic E-state index is 11.0. The Hall–Kier alpha value is -2.44. The van der Waals surface area contributed by atoms with E-state index < -0.39 is 7.92 Å². The van der Waals surface area contributed by atoms with Crippen LogP contribution in [0.4, 0.5) is 5.69 Å². The van der Waals surface area contributed by atoms with Gasteiger partial charge in [-0.15, -0.1) is 6.07 Å². The molecule has 0 atom stereocenters. The summed E-state index contributed by atoms with van der Waals surface area (Å²) in [5.74, 6) is 0. The molecule has 0 N–H and O–H groups in total. The molecule has 0 spiro atoms. The predicted octanol–water partition coefficient (Wildman–Crippen LogP) is 3.71. The third kappa shape index (κ3) is 3.90. The first-order valence-corrected chi connectivity index (χ1v) is 9.37. The van der Waals surface area contributed by atoms with Gasteiger partial charge in [0.1, 0.15) is 0 Å². The Labute approximate surface area is 144 Å². The van der Waals surface area contributed by atoms with Gasteiger partial charge in [-0.2, -0.15) is 23.8 Å². The van der Waals surface area contributed by atoms with E-state index in [0.29, 0.717) is 0 Å². The van der Waals surface area contributed by atoms with Gasteiger partial charge in [-0.25, -0.2) is 0 Å². The van der Waals surface area contributed by atoms with Gasteiger partial charge in [0.2, 0.25) is 6.41 Å². The quantitative estimate of drug-likeness (QED) is 0.383. The Kier molecular flexibility index (Phi) is 5.40. The summed E-state index contributed by atoms with van der Waals surface area (Å²) < 4.78 is 0. The van der Waals surface area contributed by atoms with Crippen LogP contribution < -0.4 is 15.5 Å². The largest absolute Gasteiger partial charge is 0.342 e. The molecule has 0 heterocycles. The van der Waals surface area contributed by atoms with Crippen molar-refractivity contribution in [3.8, 4) is 0 Å². The zero-order valence-corrected chi connectivity index (χ0v) is 14.5. The Balaban J connectivity index is 1.94. The van der Waals surface area contributed by atoms with Crippen molar-refractivity contribution in [2.75, 3.05) is 11.9 Å². The maximum Gasteiger partial charge on any atom is 0.212 e. The minimum atomic E-state index is -0.501. The van der Waals surface area contributed by atoms with Gasteiger partial charge >= 0.3 is 0 Å². The molecule has 3 rings (SSSR count). The lowest BCUT2D eigenvalue weighted by atomic mass is 10.2. The van der Waals surface area contributed by atoms with Crippen molar-refractivity contribution in [3.63, 3.8) is 0 Å². The van der Waals surface area contributed by atoms with Crippen molar-refractivity contribution >= 4 is 30.6 Å². The second kappa shape index (κ2) is 7.90. The summed E-state index contributed by atoms with van der Waals surface area (Å²) in [6.07, 6.45) is 1.72. The average Bonchev–Trinajstić information content (AvgIpc) is 2.67. The highest BCUT2D eigenvalue weighted by Gasteiger charge is 2.12. The number of hydrogen-bond acceptors (Lipinski definition) is 1. The van der Waals surface area contributed by atoms with Gasteiger partial charge in [0, 0.05) is 7.05 Å².